The Morgan fingerprint density at radius 3 is 2.43 bits per heavy atom. The van der Waals surface area contributed by atoms with Gasteiger partial charge in [0, 0.05) is 16.5 Å². The van der Waals surface area contributed by atoms with Crippen LogP contribution in [0.25, 0.3) is 11.0 Å². The molecule has 44 heavy (non-hydrogen) atoms. The highest BCUT2D eigenvalue weighted by Gasteiger charge is 2.54. The number of fused-ring (bicyclic) bond motifs is 4. The van der Waals surface area contributed by atoms with Crippen molar-refractivity contribution in [1.82, 2.24) is 9.97 Å². The average Bonchev–Trinajstić information content (AvgIpc) is 3.42. The number of nitrogens with one attached hydrogen (secondary N) is 2. The zero-order valence-electron chi connectivity index (χ0n) is 26.2. The molecular weight excluding hydrogens is 552 g/mol. The zero-order valence-corrected chi connectivity index (χ0v) is 26.2. The van der Waals surface area contributed by atoms with E-state index in [4.69, 9.17) is 5.73 Å². The van der Waals surface area contributed by atoms with Crippen molar-refractivity contribution in [2.75, 3.05) is 12.4 Å². The largest absolute Gasteiger partial charge is 0.453 e. The predicted octanol–water partition coefficient (Wildman–Crippen LogP) is 7.28. The number of hydrogen-bond donors (Lipinski definition) is 3. The molecule has 230 valence electrons. The van der Waals surface area contributed by atoms with Crippen molar-refractivity contribution in [2.45, 2.75) is 71.1 Å². The average molecular weight is 595 g/mol. The number of methoxy groups -OCH3 is 1. The van der Waals surface area contributed by atoms with Crippen molar-refractivity contribution in [2.24, 2.45) is 17.1 Å². The number of anilines is 1. The van der Waals surface area contributed by atoms with E-state index in [0.717, 1.165) is 25.7 Å². The van der Waals surface area contributed by atoms with Gasteiger partial charge >= 0.3 is 6.09 Å². The van der Waals surface area contributed by atoms with Crippen LogP contribution in [0.15, 0.2) is 66.7 Å². The van der Waals surface area contributed by atoms with Gasteiger partial charge in [-0.2, -0.15) is 0 Å². The molecule has 0 bridgehead atoms. The van der Waals surface area contributed by atoms with E-state index in [1.54, 1.807) is 30.3 Å². The number of primary amides is 1. The quantitative estimate of drug-likeness (QED) is 0.209. The lowest BCUT2D eigenvalue weighted by Crippen LogP contribution is -2.54. The molecule has 0 aliphatic heterocycles. The van der Waals surface area contributed by atoms with Gasteiger partial charge in [0.2, 0.25) is 11.9 Å². The smallest absolute Gasteiger partial charge is 0.413 e. The summed E-state index contributed by atoms with van der Waals surface area (Å²) in [4.78, 5) is 42.8. The number of H-pyrrole nitrogens is 1. The number of hydrogen-bond acceptors (Lipinski definition) is 5. The van der Waals surface area contributed by atoms with Crippen LogP contribution in [0.1, 0.15) is 91.9 Å². The maximum absolute atomic E-state index is 12.4. The summed E-state index contributed by atoms with van der Waals surface area (Å²) in [5, 5.41) is 2.45. The molecule has 0 spiro atoms. The second kappa shape index (κ2) is 12.3. The Kier molecular flexibility index (Phi) is 8.64. The lowest BCUT2D eigenvalue weighted by molar-refractivity contribution is -0.135. The highest BCUT2D eigenvalue weighted by atomic mass is 16.5. The molecule has 3 atom stereocenters. The van der Waals surface area contributed by atoms with Gasteiger partial charge in [0.15, 0.2) is 5.78 Å². The first-order valence-electron chi connectivity index (χ1n) is 15.3. The van der Waals surface area contributed by atoms with E-state index in [2.05, 4.69) is 65.9 Å². The fourth-order valence-electron chi connectivity index (χ4n) is 7.28. The highest BCUT2D eigenvalue weighted by molar-refractivity contribution is 6.10. The molecule has 6 rings (SSSR count). The zero-order chi connectivity index (χ0) is 31.6. The van der Waals surface area contributed by atoms with E-state index in [0.29, 0.717) is 34.0 Å². The van der Waals surface area contributed by atoms with Crippen LogP contribution in [0.3, 0.4) is 0 Å². The molecule has 2 aliphatic rings. The van der Waals surface area contributed by atoms with Crippen LogP contribution >= 0.6 is 0 Å². The molecule has 1 saturated carbocycles. The van der Waals surface area contributed by atoms with E-state index >= 15 is 0 Å². The summed E-state index contributed by atoms with van der Waals surface area (Å²) in [6.07, 6.45) is 4.78. The molecule has 8 heteroatoms. The third kappa shape index (κ3) is 5.85. The fraction of sp³-hybridized carbons (Fsp3) is 0.389. The number of carbonyl (C=O) groups excluding carboxylic acids is 3. The van der Waals surface area contributed by atoms with Crippen molar-refractivity contribution in [1.29, 1.82) is 0 Å². The van der Waals surface area contributed by atoms with Crippen LogP contribution < -0.4 is 11.1 Å². The minimum absolute atomic E-state index is 0.0698. The van der Waals surface area contributed by atoms with Crippen molar-refractivity contribution in [3.05, 3.63) is 94.5 Å². The Labute approximate surface area is 258 Å². The van der Waals surface area contributed by atoms with Crippen molar-refractivity contribution < 1.29 is 19.1 Å². The Morgan fingerprint density at radius 2 is 1.75 bits per heavy atom. The molecule has 0 saturated heterocycles. The van der Waals surface area contributed by atoms with Crippen LogP contribution in [-0.2, 0) is 21.4 Å². The number of amides is 2. The standard InChI is InChI=1S/C20H29NO.C16H13N3O3/c1-13(2)14-6-8-16-15(12-14)7-9-17-19(16,3)10-5-11-20(17,4)18(21)22;1-22-16(21)19-15-17-12-8-7-11(9-13(12)18-15)14(20)10-5-3-2-4-6-10/h6,8,12-13,17H,5,7,9-11H2,1-4H3,(H2,21,22);2-9H,1H3,(H2,17,18,19,21). The van der Waals surface area contributed by atoms with E-state index in [9.17, 15) is 14.4 Å². The number of aromatic amines is 1. The summed E-state index contributed by atoms with van der Waals surface area (Å²) < 4.78 is 4.51. The maximum atomic E-state index is 12.4. The van der Waals surface area contributed by atoms with Crippen LogP contribution in [0, 0.1) is 11.3 Å². The lowest BCUT2D eigenvalue weighted by Gasteiger charge is -2.54. The molecule has 2 amide bonds. The van der Waals surface area contributed by atoms with E-state index in [-0.39, 0.29) is 28.5 Å². The van der Waals surface area contributed by atoms with Gasteiger partial charge in [0.25, 0.3) is 0 Å². The normalized spacial score (nSPS) is 22.3. The monoisotopic (exact) mass is 594 g/mol. The topological polar surface area (TPSA) is 127 Å². The van der Waals surface area contributed by atoms with Gasteiger partial charge in [-0.15, -0.1) is 0 Å². The fourth-order valence-corrected chi connectivity index (χ4v) is 7.28. The van der Waals surface area contributed by atoms with Gasteiger partial charge in [-0.1, -0.05) is 82.6 Å². The Balaban J connectivity index is 0.000000175. The highest BCUT2D eigenvalue weighted by Crippen LogP contribution is 2.57. The number of nitrogens with two attached hydrogens (primary N) is 1. The van der Waals surface area contributed by atoms with E-state index in [1.807, 2.05) is 18.2 Å². The molecule has 1 aromatic heterocycles. The molecule has 4 aromatic rings. The molecule has 1 fully saturated rings. The van der Waals surface area contributed by atoms with Crippen LogP contribution in [0.4, 0.5) is 10.7 Å². The van der Waals surface area contributed by atoms with Gasteiger partial charge < -0.3 is 15.5 Å². The first-order chi connectivity index (χ1) is 21.0. The molecule has 4 N–H and O–H groups in total. The third-order valence-electron chi connectivity index (χ3n) is 9.79. The minimum Gasteiger partial charge on any atom is -0.453 e. The number of benzene rings is 3. The van der Waals surface area contributed by atoms with Gasteiger partial charge in [-0.05, 0) is 77.8 Å². The van der Waals surface area contributed by atoms with Gasteiger partial charge in [-0.25, -0.2) is 9.78 Å². The number of rotatable bonds is 5. The van der Waals surface area contributed by atoms with Crippen LogP contribution in [0.5, 0.6) is 0 Å². The Bertz CT molecular complexity index is 1700. The lowest BCUT2D eigenvalue weighted by atomic mass is 9.49. The number of ether oxygens (including phenoxy) is 1. The molecule has 1 heterocycles. The number of ketones is 1. The Morgan fingerprint density at radius 1 is 1.00 bits per heavy atom. The molecule has 2 aliphatic carbocycles. The van der Waals surface area contributed by atoms with Crippen molar-refractivity contribution in [3.63, 3.8) is 0 Å². The Hall–Kier alpha value is -4.46. The first kappa shape index (κ1) is 31.0. The van der Waals surface area contributed by atoms with Gasteiger partial charge in [0.05, 0.1) is 18.1 Å². The predicted molar refractivity (Wildman–Crippen MR) is 173 cm³/mol. The number of aryl methyl sites for hydroxylation is 1. The summed E-state index contributed by atoms with van der Waals surface area (Å²) in [7, 11) is 1.27. The van der Waals surface area contributed by atoms with Crippen molar-refractivity contribution in [3.8, 4) is 0 Å². The second-order valence-corrected chi connectivity index (χ2v) is 12.8. The molecular formula is C36H42N4O4. The summed E-state index contributed by atoms with van der Waals surface area (Å²) >= 11 is 0. The number of nitrogens with zero attached hydrogens (tertiary/aromatic N) is 1. The van der Waals surface area contributed by atoms with E-state index < -0.39 is 6.09 Å². The summed E-state index contributed by atoms with van der Waals surface area (Å²) in [6.45, 7) is 8.97. The molecule has 3 aromatic carbocycles. The van der Waals surface area contributed by atoms with Crippen LogP contribution in [-0.4, -0.2) is 34.9 Å². The van der Waals surface area contributed by atoms with E-state index in [1.165, 1.54) is 30.2 Å². The summed E-state index contributed by atoms with van der Waals surface area (Å²) in [5.74, 6) is 1.04. The third-order valence-corrected chi connectivity index (χ3v) is 9.79. The van der Waals surface area contributed by atoms with Crippen molar-refractivity contribution >= 4 is 34.8 Å². The number of aromatic nitrogens is 2. The molecule has 3 unspecified atom stereocenters. The molecule has 8 nitrogen and oxygen atoms in total. The number of imidazole rings is 1. The first-order valence-corrected chi connectivity index (χ1v) is 15.3. The summed E-state index contributed by atoms with van der Waals surface area (Å²) in [6, 6.07) is 21.2. The van der Waals surface area contributed by atoms with Gasteiger partial charge in [0.1, 0.15) is 0 Å². The number of carbonyl (C=O) groups is 3. The molecule has 0 radical (unpaired) electrons. The maximum Gasteiger partial charge on any atom is 0.413 e. The minimum atomic E-state index is -0.611. The van der Waals surface area contributed by atoms with Crippen LogP contribution in [0.2, 0.25) is 0 Å². The summed E-state index contributed by atoms with van der Waals surface area (Å²) in [5.41, 5.74) is 12.4. The second-order valence-electron chi connectivity index (χ2n) is 12.8. The SMILES string of the molecule is CC(C)c1ccc2c(c1)CCC1C(C)(C(N)=O)CCCC21C.COC(=O)Nc1nc2ccc(C(=O)c3ccccc3)cc2[nH]1. The van der Waals surface area contributed by atoms with Gasteiger partial charge in [-0.3, -0.25) is 14.9 Å².